The van der Waals surface area contributed by atoms with Gasteiger partial charge in [0.2, 0.25) is 17.7 Å². The fourth-order valence-corrected chi connectivity index (χ4v) is 2.74. The first-order valence-corrected chi connectivity index (χ1v) is 9.15. The number of halogens is 1. The molecule has 1 unspecified atom stereocenters. The number of nitrogens with zero attached hydrogens (tertiary/aromatic N) is 1. The maximum Gasteiger partial charge on any atom is 0.239 e. The van der Waals surface area contributed by atoms with Crippen molar-refractivity contribution in [3.05, 3.63) is 30.3 Å². The predicted molar refractivity (Wildman–Crippen MR) is 108 cm³/mol. The number of hydrogen-bond acceptors (Lipinski definition) is 5. The lowest BCUT2D eigenvalue weighted by Crippen LogP contribution is -2.48. The summed E-state index contributed by atoms with van der Waals surface area (Å²) in [6, 6.07) is 8.47. The first-order chi connectivity index (χ1) is 12.9. The highest BCUT2D eigenvalue weighted by atomic mass is 35.5. The Morgan fingerprint density at radius 3 is 2.61 bits per heavy atom. The second-order valence-electron chi connectivity index (χ2n) is 6.96. The van der Waals surface area contributed by atoms with Crippen molar-refractivity contribution >= 4 is 30.1 Å². The van der Waals surface area contributed by atoms with E-state index in [-0.39, 0.29) is 55.1 Å². The Morgan fingerprint density at radius 1 is 1.29 bits per heavy atom. The van der Waals surface area contributed by atoms with Crippen molar-refractivity contribution in [2.75, 3.05) is 26.2 Å². The van der Waals surface area contributed by atoms with Crippen LogP contribution < -0.4 is 21.1 Å². The number of ether oxygens (including phenoxy) is 1. The number of nitrogens with two attached hydrogens (primary N) is 1. The number of benzene rings is 1. The van der Waals surface area contributed by atoms with Crippen LogP contribution in [0.15, 0.2) is 30.3 Å². The zero-order valence-corrected chi connectivity index (χ0v) is 17.0. The first-order valence-electron chi connectivity index (χ1n) is 9.15. The average molecular weight is 413 g/mol. The van der Waals surface area contributed by atoms with Gasteiger partial charge >= 0.3 is 0 Å². The molecule has 1 heterocycles. The molecule has 156 valence electrons. The van der Waals surface area contributed by atoms with Gasteiger partial charge in [0, 0.05) is 13.0 Å². The topological polar surface area (TPSA) is 114 Å². The van der Waals surface area contributed by atoms with Crippen molar-refractivity contribution in [1.29, 1.82) is 0 Å². The van der Waals surface area contributed by atoms with Gasteiger partial charge in [-0.15, -0.1) is 12.4 Å². The van der Waals surface area contributed by atoms with Gasteiger partial charge in [0.25, 0.3) is 0 Å². The van der Waals surface area contributed by atoms with E-state index in [1.54, 1.807) is 4.90 Å². The molecule has 0 spiro atoms. The highest BCUT2D eigenvalue weighted by Gasteiger charge is 2.30. The van der Waals surface area contributed by atoms with Crippen LogP contribution in [0.25, 0.3) is 0 Å². The van der Waals surface area contributed by atoms with E-state index in [1.807, 2.05) is 44.2 Å². The van der Waals surface area contributed by atoms with Gasteiger partial charge in [0.1, 0.15) is 12.4 Å². The Hall–Kier alpha value is -2.32. The Kier molecular flexibility index (Phi) is 9.75. The molecule has 3 amide bonds. The quantitative estimate of drug-likeness (QED) is 0.540. The third-order valence-electron chi connectivity index (χ3n) is 4.40. The first kappa shape index (κ1) is 23.7. The minimum absolute atomic E-state index is 0. The van der Waals surface area contributed by atoms with Gasteiger partial charge < -0.3 is 26.0 Å². The van der Waals surface area contributed by atoms with Gasteiger partial charge in [-0.25, -0.2) is 0 Å². The number of amides is 3. The summed E-state index contributed by atoms with van der Waals surface area (Å²) in [5.41, 5.74) is 5.73. The SMILES string of the molecule is CC(C)[C@H](N)C(=O)NCC(=O)NC1CC(=O)N(CCOc2ccccc2)C1.Cl. The number of rotatable bonds is 9. The summed E-state index contributed by atoms with van der Waals surface area (Å²) in [5, 5.41) is 5.29. The monoisotopic (exact) mass is 412 g/mol. The van der Waals surface area contributed by atoms with Crippen LogP contribution in [-0.2, 0) is 14.4 Å². The lowest BCUT2D eigenvalue weighted by Gasteiger charge is -2.18. The van der Waals surface area contributed by atoms with Crippen molar-refractivity contribution in [2.24, 2.45) is 11.7 Å². The fourth-order valence-electron chi connectivity index (χ4n) is 2.74. The highest BCUT2D eigenvalue weighted by Crippen LogP contribution is 2.12. The van der Waals surface area contributed by atoms with E-state index in [9.17, 15) is 14.4 Å². The van der Waals surface area contributed by atoms with E-state index < -0.39 is 6.04 Å². The molecule has 0 aromatic heterocycles. The number of para-hydroxylation sites is 1. The van der Waals surface area contributed by atoms with Crippen LogP contribution >= 0.6 is 12.4 Å². The molecule has 9 heteroatoms. The van der Waals surface area contributed by atoms with E-state index in [1.165, 1.54) is 0 Å². The second kappa shape index (κ2) is 11.5. The Bertz CT molecular complexity index is 657. The summed E-state index contributed by atoms with van der Waals surface area (Å²) in [6.07, 6.45) is 0.247. The van der Waals surface area contributed by atoms with Crippen molar-refractivity contribution in [2.45, 2.75) is 32.4 Å². The minimum Gasteiger partial charge on any atom is -0.492 e. The van der Waals surface area contributed by atoms with Crippen LogP contribution in [0, 0.1) is 5.92 Å². The predicted octanol–water partition coefficient (Wildman–Crippen LogP) is 0.304. The molecule has 2 rings (SSSR count). The smallest absolute Gasteiger partial charge is 0.239 e. The van der Waals surface area contributed by atoms with Crippen molar-refractivity contribution < 1.29 is 19.1 Å². The summed E-state index contributed by atoms with van der Waals surface area (Å²) >= 11 is 0. The van der Waals surface area contributed by atoms with Crippen LogP contribution in [0.4, 0.5) is 0 Å². The average Bonchev–Trinajstić information content (AvgIpc) is 2.99. The largest absolute Gasteiger partial charge is 0.492 e. The van der Waals surface area contributed by atoms with Crippen molar-refractivity contribution in [3.8, 4) is 5.75 Å². The summed E-state index contributed by atoms with van der Waals surface area (Å²) in [4.78, 5) is 37.5. The maximum atomic E-state index is 12.1. The zero-order valence-electron chi connectivity index (χ0n) is 16.2. The lowest BCUT2D eigenvalue weighted by atomic mass is 10.1. The van der Waals surface area contributed by atoms with Crippen LogP contribution in [0.1, 0.15) is 20.3 Å². The maximum absolute atomic E-state index is 12.1. The number of nitrogens with one attached hydrogen (secondary N) is 2. The molecule has 1 saturated heterocycles. The molecule has 0 aliphatic carbocycles. The number of carbonyl (C=O) groups excluding carboxylic acids is 3. The van der Waals surface area contributed by atoms with E-state index in [0.717, 1.165) is 5.75 Å². The standard InChI is InChI=1S/C19H28N4O4.ClH/c1-13(2)18(20)19(26)21-11-16(24)22-14-10-17(25)23(12-14)8-9-27-15-6-4-3-5-7-15;/h3-7,13-14,18H,8-12,20H2,1-2H3,(H,21,26)(H,22,24);1H/t14?,18-;/m0./s1. The summed E-state index contributed by atoms with van der Waals surface area (Å²) in [7, 11) is 0. The van der Waals surface area contributed by atoms with Crippen LogP contribution in [0.5, 0.6) is 5.75 Å². The molecule has 1 aromatic carbocycles. The van der Waals surface area contributed by atoms with E-state index in [0.29, 0.717) is 19.7 Å². The number of likely N-dealkylation sites (tertiary alicyclic amines) is 1. The van der Waals surface area contributed by atoms with Gasteiger partial charge in [-0.05, 0) is 18.1 Å². The summed E-state index contributed by atoms with van der Waals surface area (Å²) in [5.74, 6) is 0.0289. The second-order valence-corrected chi connectivity index (χ2v) is 6.96. The molecule has 28 heavy (non-hydrogen) atoms. The third kappa shape index (κ3) is 7.36. The lowest BCUT2D eigenvalue weighted by molar-refractivity contribution is -0.128. The van der Waals surface area contributed by atoms with Gasteiger partial charge in [0.05, 0.1) is 25.2 Å². The highest BCUT2D eigenvalue weighted by molar-refractivity contribution is 5.88. The Balaban J connectivity index is 0.00000392. The van der Waals surface area contributed by atoms with E-state index in [4.69, 9.17) is 10.5 Å². The van der Waals surface area contributed by atoms with E-state index in [2.05, 4.69) is 10.6 Å². The molecule has 1 fully saturated rings. The van der Waals surface area contributed by atoms with E-state index >= 15 is 0 Å². The van der Waals surface area contributed by atoms with Gasteiger partial charge in [-0.2, -0.15) is 0 Å². The Morgan fingerprint density at radius 2 is 1.96 bits per heavy atom. The number of carbonyl (C=O) groups is 3. The number of hydrogen-bond donors (Lipinski definition) is 3. The minimum atomic E-state index is -0.647. The van der Waals surface area contributed by atoms with Crippen LogP contribution in [-0.4, -0.2) is 60.9 Å². The van der Waals surface area contributed by atoms with Crippen LogP contribution in [0.2, 0.25) is 0 Å². The van der Waals surface area contributed by atoms with Crippen molar-refractivity contribution in [1.82, 2.24) is 15.5 Å². The molecule has 1 aliphatic heterocycles. The molecule has 4 N–H and O–H groups in total. The molecule has 1 aliphatic rings. The normalized spacial score (nSPS) is 17.1. The molecule has 1 aromatic rings. The fraction of sp³-hybridized carbons (Fsp3) is 0.526. The Labute approximate surface area is 171 Å². The molecule has 0 radical (unpaired) electrons. The van der Waals surface area contributed by atoms with Crippen LogP contribution in [0.3, 0.4) is 0 Å². The summed E-state index contributed by atoms with van der Waals surface area (Å²) in [6.45, 7) is 4.80. The van der Waals surface area contributed by atoms with Gasteiger partial charge in [0.15, 0.2) is 0 Å². The van der Waals surface area contributed by atoms with Crippen molar-refractivity contribution in [3.63, 3.8) is 0 Å². The zero-order chi connectivity index (χ0) is 19.8. The van der Waals surface area contributed by atoms with Gasteiger partial charge in [-0.1, -0.05) is 32.0 Å². The van der Waals surface area contributed by atoms with Gasteiger partial charge in [-0.3, -0.25) is 14.4 Å². The molecule has 8 nitrogen and oxygen atoms in total. The molecular formula is C19H29ClN4O4. The molecule has 2 atom stereocenters. The molecule has 0 bridgehead atoms. The molecular weight excluding hydrogens is 384 g/mol. The molecule has 0 saturated carbocycles. The summed E-state index contributed by atoms with van der Waals surface area (Å²) < 4.78 is 5.60. The third-order valence-corrected chi connectivity index (χ3v) is 4.40.